The lowest BCUT2D eigenvalue weighted by atomic mass is 10.2. The zero-order chi connectivity index (χ0) is 7.68. The molecule has 0 fully saturated rings. The average Bonchev–Trinajstić information content (AvgIpc) is 2.04. The highest BCUT2D eigenvalue weighted by molar-refractivity contribution is 9.09. The smallest absolute Gasteiger partial charge is 0.245 e. The molecule has 56 valence electrons. The second-order valence-corrected chi connectivity index (χ2v) is 3.01. The standard InChI is InChI=1S/C8H6BrNO/c9-8-10-5-6-3-1-2-4-7(6)11-8/h1-5,8H. The van der Waals surface area contributed by atoms with Crippen LogP contribution in [0.15, 0.2) is 29.3 Å². The number of hydrogen-bond acceptors (Lipinski definition) is 2. The van der Waals surface area contributed by atoms with E-state index in [9.17, 15) is 0 Å². The summed E-state index contributed by atoms with van der Waals surface area (Å²) in [5.41, 5.74) is 1.03. The van der Waals surface area contributed by atoms with Gasteiger partial charge in [0.2, 0.25) is 5.14 Å². The number of para-hydroxylation sites is 1. The van der Waals surface area contributed by atoms with E-state index in [1.165, 1.54) is 0 Å². The number of nitrogens with zero attached hydrogens (tertiary/aromatic N) is 1. The van der Waals surface area contributed by atoms with Gasteiger partial charge in [-0.3, -0.25) is 0 Å². The molecule has 1 aliphatic heterocycles. The summed E-state index contributed by atoms with van der Waals surface area (Å²) in [5, 5.41) is -0.225. The first-order valence-electron chi connectivity index (χ1n) is 3.29. The first-order chi connectivity index (χ1) is 5.36. The van der Waals surface area contributed by atoms with E-state index in [0.717, 1.165) is 11.3 Å². The SMILES string of the molecule is BrC1N=Cc2ccccc2O1. The molecule has 3 heteroatoms. The molecule has 0 spiro atoms. The van der Waals surface area contributed by atoms with Gasteiger partial charge < -0.3 is 4.74 Å². The average molecular weight is 212 g/mol. The first kappa shape index (κ1) is 6.85. The Morgan fingerprint density at radius 2 is 2.18 bits per heavy atom. The van der Waals surface area contributed by atoms with Crippen LogP contribution in [0.3, 0.4) is 0 Å². The summed E-state index contributed by atoms with van der Waals surface area (Å²) >= 11 is 3.24. The van der Waals surface area contributed by atoms with E-state index in [1.807, 2.05) is 24.3 Å². The molecule has 2 rings (SSSR count). The fraction of sp³-hybridized carbons (Fsp3) is 0.125. The van der Waals surface area contributed by atoms with Gasteiger partial charge in [-0.05, 0) is 28.1 Å². The van der Waals surface area contributed by atoms with E-state index < -0.39 is 0 Å². The molecular weight excluding hydrogens is 206 g/mol. The Balaban J connectivity index is 2.46. The third-order valence-corrected chi connectivity index (χ3v) is 1.90. The molecule has 1 aromatic rings. The summed E-state index contributed by atoms with van der Waals surface area (Å²) < 4.78 is 5.35. The van der Waals surface area contributed by atoms with Crippen molar-refractivity contribution < 1.29 is 4.74 Å². The summed E-state index contributed by atoms with van der Waals surface area (Å²) in [6.45, 7) is 0. The summed E-state index contributed by atoms with van der Waals surface area (Å²) in [7, 11) is 0. The van der Waals surface area contributed by atoms with Gasteiger partial charge in [-0.25, -0.2) is 4.99 Å². The molecule has 0 aromatic heterocycles. The van der Waals surface area contributed by atoms with Crippen LogP contribution in [-0.2, 0) is 0 Å². The van der Waals surface area contributed by atoms with Crippen LogP contribution in [0.25, 0.3) is 0 Å². The number of ether oxygens (including phenoxy) is 1. The maximum absolute atomic E-state index is 5.35. The lowest BCUT2D eigenvalue weighted by Crippen LogP contribution is -2.11. The molecular formula is C8H6BrNO. The number of hydrogen-bond donors (Lipinski definition) is 0. The molecule has 0 saturated carbocycles. The van der Waals surface area contributed by atoms with Crippen molar-refractivity contribution in [2.24, 2.45) is 4.99 Å². The van der Waals surface area contributed by atoms with Crippen molar-refractivity contribution in [1.29, 1.82) is 0 Å². The van der Waals surface area contributed by atoms with E-state index in [1.54, 1.807) is 6.21 Å². The molecule has 1 unspecified atom stereocenters. The second-order valence-electron chi connectivity index (χ2n) is 2.23. The zero-order valence-corrected chi connectivity index (χ0v) is 7.28. The van der Waals surface area contributed by atoms with E-state index >= 15 is 0 Å². The fourth-order valence-electron chi connectivity index (χ4n) is 0.969. The van der Waals surface area contributed by atoms with Crippen molar-refractivity contribution in [1.82, 2.24) is 0 Å². The summed E-state index contributed by atoms with van der Waals surface area (Å²) in [4.78, 5) is 4.04. The molecule has 2 nitrogen and oxygen atoms in total. The van der Waals surface area contributed by atoms with E-state index in [4.69, 9.17) is 4.74 Å². The third-order valence-electron chi connectivity index (χ3n) is 1.47. The zero-order valence-electron chi connectivity index (χ0n) is 5.70. The van der Waals surface area contributed by atoms with Crippen molar-refractivity contribution >= 4 is 22.1 Å². The van der Waals surface area contributed by atoms with Crippen LogP contribution >= 0.6 is 15.9 Å². The number of halogens is 1. The summed E-state index contributed by atoms with van der Waals surface area (Å²) in [6.07, 6.45) is 1.80. The van der Waals surface area contributed by atoms with Gasteiger partial charge in [0.25, 0.3) is 0 Å². The van der Waals surface area contributed by atoms with Crippen molar-refractivity contribution in [3.05, 3.63) is 29.8 Å². The molecule has 1 aromatic carbocycles. The Labute approximate surface area is 73.0 Å². The van der Waals surface area contributed by atoms with E-state index in [2.05, 4.69) is 20.9 Å². The molecule has 0 N–H and O–H groups in total. The van der Waals surface area contributed by atoms with Gasteiger partial charge in [-0.1, -0.05) is 12.1 Å². The quantitative estimate of drug-likeness (QED) is 0.477. The number of aliphatic imine (C=N–C) groups is 1. The van der Waals surface area contributed by atoms with Gasteiger partial charge in [0.05, 0.1) is 0 Å². The Hall–Kier alpha value is -0.830. The first-order valence-corrected chi connectivity index (χ1v) is 4.21. The molecule has 1 atom stereocenters. The van der Waals surface area contributed by atoms with Gasteiger partial charge in [0, 0.05) is 11.8 Å². The lowest BCUT2D eigenvalue weighted by Gasteiger charge is -2.15. The monoisotopic (exact) mass is 211 g/mol. The minimum atomic E-state index is -0.225. The minimum Gasteiger partial charge on any atom is -0.458 e. The Morgan fingerprint density at radius 3 is 3.09 bits per heavy atom. The molecule has 0 amide bonds. The molecule has 11 heavy (non-hydrogen) atoms. The minimum absolute atomic E-state index is 0.225. The summed E-state index contributed by atoms with van der Waals surface area (Å²) in [6, 6.07) is 7.80. The number of fused-ring (bicyclic) bond motifs is 1. The maximum Gasteiger partial charge on any atom is 0.245 e. The number of alkyl halides is 1. The maximum atomic E-state index is 5.35. The Bertz CT molecular complexity index is 298. The molecule has 0 radical (unpaired) electrons. The number of rotatable bonds is 0. The van der Waals surface area contributed by atoms with Crippen LogP contribution in [-0.4, -0.2) is 11.4 Å². The highest BCUT2D eigenvalue weighted by Gasteiger charge is 2.10. The number of benzene rings is 1. The summed E-state index contributed by atoms with van der Waals surface area (Å²) in [5.74, 6) is 0.879. The van der Waals surface area contributed by atoms with Crippen LogP contribution < -0.4 is 4.74 Å². The van der Waals surface area contributed by atoms with Crippen molar-refractivity contribution in [3.63, 3.8) is 0 Å². The van der Waals surface area contributed by atoms with Crippen molar-refractivity contribution in [2.45, 2.75) is 5.14 Å². The highest BCUT2D eigenvalue weighted by Crippen LogP contribution is 2.23. The Kier molecular flexibility index (Phi) is 1.66. The van der Waals surface area contributed by atoms with Crippen LogP contribution in [0.4, 0.5) is 0 Å². The van der Waals surface area contributed by atoms with Gasteiger partial charge in [0.15, 0.2) is 0 Å². The van der Waals surface area contributed by atoms with Crippen LogP contribution in [0.5, 0.6) is 5.75 Å². The largest absolute Gasteiger partial charge is 0.458 e. The normalized spacial score (nSPS) is 20.6. The predicted molar refractivity (Wildman–Crippen MR) is 47.4 cm³/mol. The third kappa shape index (κ3) is 1.28. The van der Waals surface area contributed by atoms with Gasteiger partial charge in [0.1, 0.15) is 5.75 Å². The molecule has 1 aliphatic rings. The predicted octanol–water partition coefficient (Wildman–Crippen LogP) is 2.18. The Morgan fingerprint density at radius 1 is 1.36 bits per heavy atom. The van der Waals surface area contributed by atoms with Gasteiger partial charge in [-0.15, -0.1) is 0 Å². The van der Waals surface area contributed by atoms with Gasteiger partial charge >= 0.3 is 0 Å². The highest BCUT2D eigenvalue weighted by atomic mass is 79.9. The van der Waals surface area contributed by atoms with E-state index in [0.29, 0.717) is 0 Å². The van der Waals surface area contributed by atoms with Gasteiger partial charge in [-0.2, -0.15) is 0 Å². The van der Waals surface area contributed by atoms with Crippen LogP contribution in [0, 0.1) is 0 Å². The van der Waals surface area contributed by atoms with Crippen molar-refractivity contribution in [3.8, 4) is 5.75 Å². The topological polar surface area (TPSA) is 21.6 Å². The molecule has 0 bridgehead atoms. The second kappa shape index (κ2) is 2.66. The molecule has 0 aliphatic carbocycles. The van der Waals surface area contributed by atoms with Crippen molar-refractivity contribution in [2.75, 3.05) is 0 Å². The fourth-order valence-corrected chi connectivity index (χ4v) is 1.29. The van der Waals surface area contributed by atoms with Crippen LogP contribution in [0.2, 0.25) is 0 Å². The van der Waals surface area contributed by atoms with E-state index in [-0.39, 0.29) is 5.14 Å². The lowest BCUT2D eigenvalue weighted by molar-refractivity contribution is 0.300. The van der Waals surface area contributed by atoms with Crippen LogP contribution in [0.1, 0.15) is 5.56 Å². The molecule has 0 saturated heterocycles. The molecule has 1 heterocycles.